The quantitative estimate of drug-likeness (QED) is 0.188. The highest BCUT2D eigenvalue weighted by Crippen LogP contribution is 2.44. The number of aromatic nitrogens is 4. The van der Waals surface area contributed by atoms with Gasteiger partial charge < -0.3 is 9.30 Å². The van der Waals surface area contributed by atoms with Crippen molar-refractivity contribution >= 4 is 50.0 Å². The molecule has 218 valence electrons. The summed E-state index contributed by atoms with van der Waals surface area (Å²) in [5.41, 5.74) is 8.94. The lowest BCUT2D eigenvalue weighted by Crippen LogP contribution is -2.27. The third kappa shape index (κ3) is 5.60. The summed E-state index contributed by atoms with van der Waals surface area (Å²) in [4.78, 5) is 27.5. The summed E-state index contributed by atoms with van der Waals surface area (Å²) in [6.45, 7) is 11.6. The Morgan fingerprint density at radius 3 is 2.42 bits per heavy atom. The molecule has 0 aliphatic heterocycles. The number of carbonyl (C=O) groups is 1. The zero-order valence-electron chi connectivity index (χ0n) is 25.3. The summed E-state index contributed by atoms with van der Waals surface area (Å²) in [7, 11) is 2.01. The van der Waals surface area contributed by atoms with Crippen molar-refractivity contribution in [3.05, 3.63) is 88.8 Å². The molecule has 0 spiro atoms. The highest BCUT2D eigenvalue weighted by Gasteiger charge is 2.30. The number of ether oxygens (including phenoxy) is 1. The van der Waals surface area contributed by atoms with Crippen molar-refractivity contribution in [2.75, 3.05) is 0 Å². The number of benzene rings is 2. The second kappa shape index (κ2) is 11.0. The molecule has 8 heteroatoms. The minimum Gasteiger partial charge on any atom is -0.360 e. The van der Waals surface area contributed by atoms with Crippen LogP contribution in [-0.2, 0) is 16.6 Å². The van der Waals surface area contributed by atoms with E-state index in [0.29, 0.717) is 5.02 Å². The minimum atomic E-state index is -0.725. The van der Waals surface area contributed by atoms with Crippen molar-refractivity contribution in [3.8, 4) is 33.0 Å². The third-order valence-corrected chi connectivity index (χ3v) is 8.87. The fourth-order valence-corrected chi connectivity index (χ4v) is 6.83. The van der Waals surface area contributed by atoms with Crippen molar-refractivity contribution in [1.29, 1.82) is 0 Å². The predicted molar refractivity (Wildman–Crippen MR) is 177 cm³/mol. The SMILES string of the molecule is CC(=O)[C@@H](OC(C)(C)C)c1c(C)cc2nc(-c3ccnc(-c4cnc5c(c4)c(C)cn5C)c3)sc2c1-c1ccc(Cl)cc1. The van der Waals surface area contributed by atoms with E-state index >= 15 is 0 Å². The number of rotatable bonds is 6. The van der Waals surface area contributed by atoms with Gasteiger partial charge in [-0.25, -0.2) is 9.97 Å². The predicted octanol–water partition coefficient (Wildman–Crippen LogP) is 9.29. The number of pyridine rings is 2. The molecule has 6 rings (SSSR count). The number of halogens is 1. The van der Waals surface area contributed by atoms with E-state index in [1.165, 1.54) is 5.56 Å². The molecule has 0 radical (unpaired) electrons. The van der Waals surface area contributed by atoms with E-state index in [-0.39, 0.29) is 5.78 Å². The topological polar surface area (TPSA) is 69.9 Å². The van der Waals surface area contributed by atoms with Crippen LogP contribution in [0.5, 0.6) is 0 Å². The molecule has 6 nitrogen and oxygen atoms in total. The molecule has 4 heterocycles. The Balaban J connectivity index is 1.53. The van der Waals surface area contributed by atoms with Gasteiger partial charge in [-0.1, -0.05) is 23.7 Å². The first-order chi connectivity index (χ1) is 20.4. The number of ketones is 1. The number of aryl methyl sites for hydroxylation is 3. The van der Waals surface area contributed by atoms with Gasteiger partial charge in [0.05, 0.1) is 21.5 Å². The number of hydrogen-bond acceptors (Lipinski definition) is 6. The van der Waals surface area contributed by atoms with Crippen molar-refractivity contribution in [2.24, 2.45) is 7.05 Å². The van der Waals surface area contributed by atoms with Gasteiger partial charge in [0.2, 0.25) is 0 Å². The maximum Gasteiger partial charge on any atom is 0.163 e. The van der Waals surface area contributed by atoms with Gasteiger partial charge in [0, 0.05) is 58.3 Å². The molecule has 0 fully saturated rings. The molecule has 0 aliphatic carbocycles. The first kappa shape index (κ1) is 29.2. The van der Waals surface area contributed by atoms with Crippen LogP contribution in [0, 0.1) is 13.8 Å². The fraction of sp³-hybridized carbons (Fsp3) is 0.257. The van der Waals surface area contributed by atoms with Crippen LogP contribution in [0.4, 0.5) is 0 Å². The maximum absolute atomic E-state index is 13.1. The zero-order valence-corrected chi connectivity index (χ0v) is 26.9. The molecule has 4 aromatic heterocycles. The van der Waals surface area contributed by atoms with E-state index in [9.17, 15) is 4.79 Å². The van der Waals surface area contributed by atoms with E-state index in [4.69, 9.17) is 26.3 Å². The summed E-state index contributed by atoms with van der Waals surface area (Å²) in [6.07, 6.45) is 5.05. The summed E-state index contributed by atoms with van der Waals surface area (Å²) in [5.74, 6) is -0.0460. The van der Waals surface area contributed by atoms with Crippen LogP contribution in [0.1, 0.15) is 50.5 Å². The summed E-state index contributed by atoms with van der Waals surface area (Å²) in [6, 6.07) is 16.0. The van der Waals surface area contributed by atoms with Gasteiger partial charge in [0.1, 0.15) is 16.8 Å². The number of hydrogen-bond donors (Lipinski definition) is 0. The van der Waals surface area contributed by atoms with Crippen LogP contribution in [0.2, 0.25) is 5.02 Å². The normalized spacial score (nSPS) is 12.7. The Hall–Kier alpha value is -3.91. The van der Waals surface area contributed by atoms with E-state index in [0.717, 1.165) is 65.3 Å². The zero-order chi connectivity index (χ0) is 30.6. The molecular weight excluding hydrogens is 576 g/mol. The van der Waals surface area contributed by atoms with Crippen LogP contribution in [0.25, 0.3) is 54.2 Å². The van der Waals surface area contributed by atoms with Gasteiger partial charge in [-0.3, -0.25) is 9.78 Å². The monoisotopic (exact) mass is 608 g/mol. The van der Waals surface area contributed by atoms with Gasteiger partial charge in [0.15, 0.2) is 5.78 Å². The second-order valence-electron chi connectivity index (χ2n) is 12.0. The Bertz CT molecular complexity index is 2020. The van der Waals surface area contributed by atoms with Crippen molar-refractivity contribution in [3.63, 3.8) is 0 Å². The van der Waals surface area contributed by atoms with Crippen LogP contribution in [-0.4, -0.2) is 30.9 Å². The number of nitrogens with zero attached hydrogens (tertiary/aromatic N) is 4. The van der Waals surface area contributed by atoms with Crippen molar-refractivity contribution < 1.29 is 9.53 Å². The van der Waals surface area contributed by atoms with E-state index < -0.39 is 11.7 Å². The standard InChI is InChI=1S/C35H33ClN4O2S/c1-19-14-28-32(30(22-8-10-25(36)11-9-22)29(19)31(21(3)41)42-35(4,5)6)43-34(39-28)23-12-13-37-27(16-23)24-15-26-20(2)18-40(7)33(26)38-17-24/h8-18,31H,1-7H3/t31-/m1/s1. The average Bonchev–Trinajstić information content (AvgIpc) is 3.51. The van der Waals surface area contributed by atoms with Gasteiger partial charge in [-0.05, 0) is 94.6 Å². The van der Waals surface area contributed by atoms with Crippen molar-refractivity contribution in [2.45, 2.75) is 53.2 Å². The smallest absolute Gasteiger partial charge is 0.163 e. The first-order valence-corrected chi connectivity index (χ1v) is 15.4. The molecule has 6 aromatic rings. The summed E-state index contributed by atoms with van der Waals surface area (Å²) in [5, 5.41) is 2.63. The second-order valence-corrected chi connectivity index (χ2v) is 13.5. The average molecular weight is 609 g/mol. The number of thiazole rings is 1. The number of fused-ring (bicyclic) bond motifs is 2. The lowest BCUT2D eigenvalue weighted by atomic mass is 9.90. The molecule has 0 unspecified atom stereocenters. The van der Waals surface area contributed by atoms with Gasteiger partial charge in [-0.15, -0.1) is 11.3 Å². The lowest BCUT2D eigenvalue weighted by Gasteiger charge is -2.29. The number of carbonyl (C=O) groups excluding carboxylic acids is 1. The maximum atomic E-state index is 13.1. The van der Waals surface area contributed by atoms with Crippen LogP contribution in [0.3, 0.4) is 0 Å². The van der Waals surface area contributed by atoms with Gasteiger partial charge in [-0.2, -0.15) is 0 Å². The van der Waals surface area contributed by atoms with Crippen LogP contribution < -0.4 is 0 Å². The molecule has 0 amide bonds. The molecular formula is C35H33ClN4O2S. The largest absolute Gasteiger partial charge is 0.360 e. The molecule has 0 saturated carbocycles. The molecule has 0 N–H and O–H groups in total. The van der Waals surface area contributed by atoms with Crippen LogP contribution in [0.15, 0.2) is 67.1 Å². The number of Topliss-reactive ketones (excluding diaryl/α,β-unsaturated/α-hetero) is 1. The highest BCUT2D eigenvalue weighted by molar-refractivity contribution is 7.22. The Morgan fingerprint density at radius 2 is 1.72 bits per heavy atom. The van der Waals surface area contributed by atoms with Gasteiger partial charge >= 0.3 is 0 Å². The first-order valence-electron chi connectivity index (χ1n) is 14.2. The molecule has 0 aliphatic rings. The Morgan fingerprint density at radius 1 is 0.977 bits per heavy atom. The molecule has 0 saturated heterocycles. The molecule has 2 aromatic carbocycles. The highest BCUT2D eigenvalue weighted by atomic mass is 35.5. The Kier molecular flexibility index (Phi) is 7.45. The molecule has 1 atom stereocenters. The fourth-order valence-electron chi connectivity index (χ4n) is 5.59. The summed E-state index contributed by atoms with van der Waals surface area (Å²) >= 11 is 7.88. The Labute approximate surface area is 260 Å². The van der Waals surface area contributed by atoms with E-state index in [1.54, 1.807) is 18.3 Å². The lowest BCUT2D eigenvalue weighted by molar-refractivity contribution is -0.138. The van der Waals surface area contributed by atoms with Crippen molar-refractivity contribution in [1.82, 2.24) is 19.5 Å². The van der Waals surface area contributed by atoms with E-state index in [2.05, 4.69) is 36.3 Å². The summed E-state index contributed by atoms with van der Waals surface area (Å²) < 4.78 is 9.42. The molecule has 0 bridgehead atoms. The van der Waals surface area contributed by atoms with Gasteiger partial charge in [0.25, 0.3) is 0 Å². The minimum absolute atomic E-state index is 0.0460. The molecule has 43 heavy (non-hydrogen) atoms. The third-order valence-electron chi connectivity index (χ3n) is 7.48. The van der Waals surface area contributed by atoms with Crippen LogP contribution >= 0.6 is 22.9 Å². The van der Waals surface area contributed by atoms with E-state index in [1.807, 2.05) is 82.0 Å².